The van der Waals surface area contributed by atoms with E-state index in [-0.39, 0.29) is 18.6 Å². The largest absolute Gasteiger partial charge is 0.396 e. The van der Waals surface area contributed by atoms with Gasteiger partial charge in [-0.1, -0.05) is 19.3 Å². The number of rotatable bonds is 4. The van der Waals surface area contributed by atoms with Crippen molar-refractivity contribution in [3.63, 3.8) is 0 Å². The summed E-state index contributed by atoms with van der Waals surface area (Å²) in [7, 11) is 0. The van der Waals surface area contributed by atoms with Crippen LogP contribution in [0, 0.1) is 17.0 Å². The van der Waals surface area contributed by atoms with Crippen LogP contribution in [-0.2, 0) is 0 Å². The highest BCUT2D eigenvalue weighted by Gasteiger charge is 2.32. The van der Waals surface area contributed by atoms with Gasteiger partial charge in [0.25, 0.3) is 5.91 Å². The second-order valence-corrected chi connectivity index (χ2v) is 5.76. The third kappa shape index (κ3) is 3.50. The highest BCUT2D eigenvalue weighted by molar-refractivity contribution is 5.95. The predicted octanol–water partition coefficient (Wildman–Crippen LogP) is 2.22. The van der Waals surface area contributed by atoms with E-state index in [2.05, 4.69) is 5.32 Å². The summed E-state index contributed by atoms with van der Waals surface area (Å²) in [5.74, 6) is -2.39. The van der Waals surface area contributed by atoms with Crippen molar-refractivity contribution < 1.29 is 18.7 Å². The Kier molecular flexibility index (Phi) is 4.77. The van der Waals surface area contributed by atoms with Gasteiger partial charge in [0.05, 0.1) is 17.9 Å². The summed E-state index contributed by atoms with van der Waals surface area (Å²) in [6.07, 6.45) is 4.75. The molecule has 1 fully saturated rings. The SMILES string of the molecule is Nc1cc(F)cc(C(=O)NCC2(CO)CCCCC2)c1F. The number of hydrogen-bond donors (Lipinski definition) is 3. The normalized spacial score (nSPS) is 17.5. The molecule has 0 unspecified atom stereocenters. The van der Waals surface area contributed by atoms with Crippen LogP contribution >= 0.6 is 0 Å². The molecule has 0 aliphatic heterocycles. The Balaban J connectivity index is 2.08. The number of nitrogens with two attached hydrogens (primary N) is 1. The summed E-state index contributed by atoms with van der Waals surface area (Å²) in [6.45, 7) is 0.221. The lowest BCUT2D eigenvalue weighted by atomic mass is 9.74. The maximum absolute atomic E-state index is 13.8. The lowest BCUT2D eigenvalue weighted by molar-refractivity contribution is 0.0716. The Labute approximate surface area is 122 Å². The molecule has 0 saturated heterocycles. The van der Waals surface area contributed by atoms with Crippen LogP contribution in [0.1, 0.15) is 42.5 Å². The quantitative estimate of drug-likeness (QED) is 0.746. The minimum Gasteiger partial charge on any atom is -0.396 e. The lowest BCUT2D eigenvalue weighted by Crippen LogP contribution is -2.41. The van der Waals surface area contributed by atoms with E-state index in [0.717, 1.165) is 44.2 Å². The number of nitrogen functional groups attached to an aromatic ring is 1. The van der Waals surface area contributed by atoms with E-state index in [1.165, 1.54) is 0 Å². The minimum atomic E-state index is -0.921. The van der Waals surface area contributed by atoms with Gasteiger partial charge in [-0.05, 0) is 25.0 Å². The number of carbonyl (C=O) groups is 1. The number of nitrogens with one attached hydrogen (secondary N) is 1. The molecular formula is C15H20F2N2O2. The average molecular weight is 298 g/mol. The Morgan fingerprint density at radius 1 is 1.29 bits per heavy atom. The first-order valence-corrected chi connectivity index (χ1v) is 7.11. The number of aliphatic hydroxyl groups excluding tert-OH is 1. The Morgan fingerprint density at radius 3 is 2.57 bits per heavy atom. The van der Waals surface area contributed by atoms with Crippen LogP contribution in [0.3, 0.4) is 0 Å². The Morgan fingerprint density at radius 2 is 1.95 bits per heavy atom. The number of hydrogen-bond acceptors (Lipinski definition) is 3. The Hall–Kier alpha value is -1.69. The van der Waals surface area contributed by atoms with Gasteiger partial charge in [0.1, 0.15) is 5.82 Å². The van der Waals surface area contributed by atoms with E-state index in [1.54, 1.807) is 0 Å². The van der Waals surface area contributed by atoms with Gasteiger partial charge in [0, 0.05) is 12.0 Å². The van der Waals surface area contributed by atoms with Crippen LogP contribution < -0.4 is 11.1 Å². The van der Waals surface area contributed by atoms with Gasteiger partial charge in [-0.25, -0.2) is 8.78 Å². The summed E-state index contributed by atoms with van der Waals surface area (Å²) in [6, 6.07) is 1.66. The molecule has 4 N–H and O–H groups in total. The third-order valence-electron chi connectivity index (χ3n) is 4.18. The van der Waals surface area contributed by atoms with Gasteiger partial charge in [0.2, 0.25) is 0 Å². The minimum absolute atomic E-state index is 0.0267. The van der Waals surface area contributed by atoms with Crippen LogP contribution in [0.2, 0.25) is 0 Å². The van der Waals surface area contributed by atoms with Crippen molar-refractivity contribution in [3.05, 3.63) is 29.3 Å². The molecule has 0 aromatic heterocycles. The van der Waals surface area contributed by atoms with Crippen molar-refractivity contribution in [2.75, 3.05) is 18.9 Å². The summed E-state index contributed by atoms with van der Waals surface area (Å²) in [4.78, 5) is 12.0. The van der Waals surface area contributed by atoms with E-state index in [1.807, 2.05) is 0 Å². The molecule has 0 heterocycles. The van der Waals surface area contributed by atoms with Crippen molar-refractivity contribution in [1.29, 1.82) is 0 Å². The fourth-order valence-electron chi connectivity index (χ4n) is 2.83. The number of halogens is 2. The van der Waals surface area contributed by atoms with Crippen molar-refractivity contribution >= 4 is 11.6 Å². The first-order valence-electron chi connectivity index (χ1n) is 7.11. The van der Waals surface area contributed by atoms with Crippen LogP contribution in [0.25, 0.3) is 0 Å². The van der Waals surface area contributed by atoms with Gasteiger partial charge < -0.3 is 16.2 Å². The third-order valence-corrected chi connectivity index (χ3v) is 4.18. The lowest BCUT2D eigenvalue weighted by Gasteiger charge is -2.35. The molecule has 1 saturated carbocycles. The van der Waals surface area contributed by atoms with Gasteiger partial charge in [-0.15, -0.1) is 0 Å². The molecule has 116 valence electrons. The highest BCUT2D eigenvalue weighted by Crippen LogP contribution is 2.35. The zero-order chi connectivity index (χ0) is 15.5. The fraction of sp³-hybridized carbons (Fsp3) is 0.533. The van der Waals surface area contributed by atoms with E-state index < -0.39 is 28.8 Å². The predicted molar refractivity (Wildman–Crippen MR) is 75.7 cm³/mol. The molecule has 1 aliphatic rings. The van der Waals surface area contributed by atoms with Gasteiger partial charge in [-0.3, -0.25) is 4.79 Å². The Bertz CT molecular complexity index is 529. The molecule has 1 aliphatic carbocycles. The summed E-state index contributed by atoms with van der Waals surface area (Å²) in [5, 5.41) is 12.2. The molecule has 1 amide bonds. The van der Waals surface area contributed by atoms with Crippen molar-refractivity contribution in [2.45, 2.75) is 32.1 Å². The van der Waals surface area contributed by atoms with Crippen LogP contribution in [0.5, 0.6) is 0 Å². The smallest absolute Gasteiger partial charge is 0.254 e. The average Bonchev–Trinajstić information content (AvgIpc) is 2.49. The second kappa shape index (κ2) is 6.39. The van der Waals surface area contributed by atoms with E-state index in [4.69, 9.17) is 5.73 Å². The maximum atomic E-state index is 13.8. The molecule has 0 spiro atoms. The first-order chi connectivity index (χ1) is 9.97. The van der Waals surface area contributed by atoms with Crippen LogP contribution in [0.15, 0.2) is 12.1 Å². The van der Waals surface area contributed by atoms with Gasteiger partial charge >= 0.3 is 0 Å². The molecule has 0 radical (unpaired) electrons. The standard InChI is InChI=1S/C15H20F2N2O2/c16-10-6-11(13(17)12(18)7-10)14(21)19-8-15(9-20)4-2-1-3-5-15/h6-7,20H,1-5,8-9,18H2,(H,19,21). The van der Waals surface area contributed by atoms with E-state index in [0.29, 0.717) is 0 Å². The van der Waals surface area contributed by atoms with Crippen molar-refractivity contribution in [2.24, 2.45) is 5.41 Å². The maximum Gasteiger partial charge on any atom is 0.254 e. The molecule has 0 atom stereocenters. The first kappa shape index (κ1) is 15.7. The van der Waals surface area contributed by atoms with Crippen molar-refractivity contribution in [3.8, 4) is 0 Å². The summed E-state index contributed by atoms with van der Waals surface area (Å²) < 4.78 is 27.0. The number of aliphatic hydroxyl groups is 1. The van der Waals surface area contributed by atoms with Gasteiger partial charge in [0.15, 0.2) is 5.82 Å². The van der Waals surface area contributed by atoms with E-state index in [9.17, 15) is 18.7 Å². The molecule has 21 heavy (non-hydrogen) atoms. The fourth-order valence-corrected chi connectivity index (χ4v) is 2.83. The molecule has 2 rings (SSSR count). The van der Waals surface area contributed by atoms with Crippen LogP contribution in [-0.4, -0.2) is 24.2 Å². The highest BCUT2D eigenvalue weighted by atomic mass is 19.1. The number of benzene rings is 1. The molecule has 1 aromatic rings. The molecule has 1 aromatic carbocycles. The molecule has 0 bridgehead atoms. The van der Waals surface area contributed by atoms with Crippen LogP contribution in [0.4, 0.5) is 14.5 Å². The topological polar surface area (TPSA) is 75.4 Å². The summed E-state index contributed by atoms with van der Waals surface area (Å²) >= 11 is 0. The van der Waals surface area contributed by atoms with Gasteiger partial charge in [-0.2, -0.15) is 0 Å². The number of amides is 1. The van der Waals surface area contributed by atoms with E-state index >= 15 is 0 Å². The number of carbonyl (C=O) groups excluding carboxylic acids is 1. The zero-order valence-electron chi connectivity index (χ0n) is 11.8. The summed E-state index contributed by atoms with van der Waals surface area (Å²) in [5.41, 5.74) is 4.16. The zero-order valence-corrected chi connectivity index (χ0v) is 11.8. The monoisotopic (exact) mass is 298 g/mol. The molecule has 4 nitrogen and oxygen atoms in total. The number of anilines is 1. The van der Waals surface area contributed by atoms with Crippen molar-refractivity contribution in [1.82, 2.24) is 5.32 Å². The molecular weight excluding hydrogens is 278 g/mol. The second-order valence-electron chi connectivity index (χ2n) is 5.76. The molecule has 6 heteroatoms.